The Morgan fingerprint density at radius 1 is 1.14 bits per heavy atom. The van der Waals surface area contributed by atoms with Gasteiger partial charge in [-0.05, 0) is 55.7 Å². The van der Waals surface area contributed by atoms with Crippen LogP contribution in [0.3, 0.4) is 0 Å². The van der Waals surface area contributed by atoms with Crippen LogP contribution < -0.4 is 0 Å². The summed E-state index contributed by atoms with van der Waals surface area (Å²) in [5.41, 5.74) is 2.07. The van der Waals surface area contributed by atoms with Crippen molar-refractivity contribution in [1.82, 2.24) is 20.0 Å². The van der Waals surface area contributed by atoms with Crippen LogP contribution in [-0.2, 0) is 9.59 Å². The van der Waals surface area contributed by atoms with E-state index in [0.29, 0.717) is 30.1 Å². The molecule has 1 atom stereocenters. The third-order valence-electron chi connectivity index (χ3n) is 7.91. The largest absolute Gasteiger partial charge is 0.342 e. The molecule has 2 aliphatic carbocycles. The van der Waals surface area contributed by atoms with E-state index in [1.807, 2.05) is 29.2 Å². The average molecular weight is 472 g/mol. The van der Waals surface area contributed by atoms with Crippen LogP contribution in [0.1, 0.15) is 37.7 Å². The van der Waals surface area contributed by atoms with Gasteiger partial charge < -0.3 is 4.90 Å². The molecule has 3 aromatic rings. The van der Waals surface area contributed by atoms with Gasteiger partial charge in [0.2, 0.25) is 5.91 Å². The summed E-state index contributed by atoms with van der Waals surface area (Å²) in [6, 6.07) is 10.8. The Hall–Kier alpha value is -3.55. The van der Waals surface area contributed by atoms with E-state index in [9.17, 15) is 9.59 Å². The van der Waals surface area contributed by atoms with Gasteiger partial charge >= 0.3 is 0 Å². The lowest BCUT2D eigenvalue weighted by molar-refractivity contribution is -0.131. The highest BCUT2D eigenvalue weighted by Crippen LogP contribution is 2.46. The third-order valence-corrected chi connectivity index (χ3v) is 7.91. The quantitative estimate of drug-likeness (QED) is 0.615. The second-order valence-electron chi connectivity index (χ2n) is 10.4. The second-order valence-corrected chi connectivity index (χ2v) is 10.4. The first-order chi connectivity index (χ1) is 17.0. The van der Waals surface area contributed by atoms with Gasteiger partial charge in [-0.25, -0.2) is 4.39 Å². The maximum atomic E-state index is 15.4. The van der Waals surface area contributed by atoms with Gasteiger partial charge in [0.15, 0.2) is 0 Å². The number of rotatable bonds is 5. The van der Waals surface area contributed by atoms with Gasteiger partial charge in [0.1, 0.15) is 17.2 Å². The number of halogens is 1. The summed E-state index contributed by atoms with van der Waals surface area (Å²) in [4.78, 5) is 34.3. The van der Waals surface area contributed by atoms with Crippen LogP contribution in [0, 0.1) is 17.7 Å². The normalized spacial score (nSPS) is 22.9. The molecule has 1 saturated heterocycles. The first-order valence-electron chi connectivity index (χ1n) is 12.5. The number of amides is 2. The molecule has 1 spiro atoms. The summed E-state index contributed by atoms with van der Waals surface area (Å²) in [5, 5.41) is 7.87. The van der Waals surface area contributed by atoms with E-state index in [0.717, 1.165) is 55.1 Å². The average Bonchev–Trinajstić information content (AvgIpc) is 3.73. The Morgan fingerprint density at radius 2 is 2.00 bits per heavy atom. The fourth-order valence-electron chi connectivity index (χ4n) is 5.60. The highest BCUT2D eigenvalue weighted by molar-refractivity contribution is 6.16. The van der Waals surface area contributed by atoms with Crippen LogP contribution in [0.2, 0.25) is 0 Å². The second kappa shape index (κ2) is 7.47. The molecule has 178 valence electrons. The molecule has 0 unspecified atom stereocenters. The molecule has 7 rings (SSSR count). The van der Waals surface area contributed by atoms with Gasteiger partial charge in [0.05, 0.1) is 11.7 Å². The van der Waals surface area contributed by atoms with Gasteiger partial charge in [-0.2, -0.15) is 5.10 Å². The Bertz CT molecular complexity index is 1400. The molecule has 8 heteroatoms. The lowest BCUT2D eigenvalue weighted by Crippen LogP contribution is -2.41. The highest BCUT2D eigenvalue weighted by Gasteiger charge is 2.57. The van der Waals surface area contributed by atoms with Crippen molar-refractivity contribution in [3.05, 3.63) is 54.0 Å². The van der Waals surface area contributed by atoms with Crippen molar-refractivity contribution in [1.29, 1.82) is 0 Å². The van der Waals surface area contributed by atoms with Gasteiger partial charge in [-0.3, -0.25) is 24.6 Å². The van der Waals surface area contributed by atoms with Crippen molar-refractivity contribution >= 4 is 28.6 Å². The number of aliphatic imine (C=N–C) groups is 1. The molecule has 3 fully saturated rings. The molecule has 4 aliphatic rings. The topological polar surface area (TPSA) is 81.7 Å². The Balaban J connectivity index is 1.17. The van der Waals surface area contributed by atoms with Crippen molar-refractivity contribution in [2.75, 3.05) is 19.6 Å². The minimum absolute atomic E-state index is 0.0205. The molecule has 0 bridgehead atoms. The third kappa shape index (κ3) is 3.38. The Morgan fingerprint density at radius 3 is 2.77 bits per heavy atom. The summed E-state index contributed by atoms with van der Waals surface area (Å²) in [5.74, 6) is 0.911. The number of H-pyrrole nitrogens is 1. The van der Waals surface area contributed by atoms with Gasteiger partial charge in [0, 0.05) is 42.1 Å². The zero-order chi connectivity index (χ0) is 23.7. The van der Waals surface area contributed by atoms with E-state index in [4.69, 9.17) is 4.99 Å². The Kier molecular flexibility index (Phi) is 4.44. The monoisotopic (exact) mass is 471 g/mol. The van der Waals surface area contributed by atoms with Crippen molar-refractivity contribution < 1.29 is 14.0 Å². The molecule has 2 aliphatic heterocycles. The van der Waals surface area contributed by atoms with Crippen molar-refractivity contribution in [2.45, 2.75) is 37.6 Å². The van der Waals surface area contributed by atoms with E-state index in [1.165, 1.54) is 6.07 Å². The number of benzene rings is 2. The van der Waals surface area contributed by atoms with Crippen molar-refractivity contribution in [2.24, 2.45) is 16.8 Å². The van der Waals surface area contributed by atoms with E-state index < -0.39 is 5.54 Å². The van der Waals surface area contributed by atoms with Crippen molar-refractivity contribution in [3.8, 4) is 11.1 Å². The maximum absolute atomic E-state index is 15.4. The van der Waals surface area contributed by atoms with Gasteiger partial charge in [-0.1, -0.05) is 24.3 Å². The molecule has 0 radical (unpaired) electrons. The van der Waals surface area contributed by atoms with Crippen LogP contribution in [0.4, 0.5) is 4.39 Å². The molecule has 2 amide bonds. The van der Waals surface area contributed by atoms with E-state index in [1.54, 1.807) is 17.2 Å². The molecule has 2 saturated carbocycles. The minimum Gasteiger partial charge on any atom is -0.342 e. The summed E-state index contributed by atoms with van der Waals surface area (Å²) in [6.07, 6.45) is 6.07. The number of carbonyl (C=O) groups excluding carboxylic acids is 2. The summed E-state index contributed by atoms with van der Waals surface area (Å²) < 4.78 is 15.4. The molecule has 7 nitrogen and oxygen atoms in total. The molecule has 1 N–H and O–H groups in total. The number of likely N-dealkylation sites (tertiary alicyclic amines) is 1. The number of aromatic nitrogens is 2. The minimum atomic E-state index is -0.658. The first-order valence-corrected chi connectivity index (χ1v) is 12.5. The maximum Gasteiger partial charge on any atom is 0.256 e. The van der Waals surface area contributed by atoms with Crippen molar-refractivity contribution in [3.63, 3.8) is 0 Å². The number of hydrogen-bond acceptors (Lipinski definition) is 4. The summed E-state index contributed by atoms with van der Waals surface area (Å²) in [7, 11) is 0. The van der Waals surface area contributed by atoms with Crippen LogP contribution in [0.15, 0.2) is 47.6 Å². The van der Waals surface area contributed by atoms with E-state index >= 15 is 4.39 Å². The lowest BCUT2D eigenvalue weighted by atomic mass is 9.99. The summed E-state index contributed by atoms with van der Waals surface area (Å²) >= 11 is 0. The zero-order valence-electron chi connectivity index (χ0n) is 19.3. The number of amidine groups is 1. The SMILES string of the molecule is O=C(C1CC1)N1CC[C@@H](CN2C(=O)C3(CC3)N=C2c2ccc(-c3cccc4[nH]ncc34)c(F)c2)C1. The highest BCUT2D eigenvalue weighted by atomic mass is 19.1. The molecule has 1 aromatic heterocycles. The molecule has 3 heterocycles. The predicted molar refractivity (Wildman–Crippen MR) is 129 cm³/mol. The first kappa shape index (κ1) is 20.8. The molecule has 2 aromatic carbocycles. The van der Waals surface area contributed by atoms with Crippen LogP contribution >= 0.6 is 0 Å². The zero-order valence-corrected chi connectivity index (χ0v) is 19.3. The van der Waals surface area contributed by atoms with Gasteiger partial charge in [-0.15, -0.1) is 0 Å². The Labute approximate surface area is 202 Å². The molecular weight excluding hydrogens is 445 g/mol. The number of fused-ring (bicyclic) bond motifs is 1. The van der Waals surface area contributed by atoms with E-state index in [2.05, 4.69) is 10.2 Å². The number of aromatic amines is 1. The lowest BCUT2D eigenvalue weighted by Gasteiger charge is -2.24. The van der Waals surface area contributed by atoms with Crippen LogP contribution in [-0.4, -0.2) is 62.8 Å². The number of nitrogens with zero attached hydrogens (tertiary/aromatic N) is 4. The van der Waals surface area contributed by atoms with Gasteiger partial charge in [0.25, 0.3) is 5.91 Å². The standard InChI is InChI=1S/C27H26FN5O2/c28-22-12-18(6-7-20(22)19-2-1-3-23-21(19)13-29-31-23)24-30-27(9-10-27)26(35)33(24)15-16-8-11-32(14-16)25(34)17-4-5-17/h1-3,6-7,12-13,16-17H,4-5,8-11,14-15H2,(H,29,31)/t16-/m1/s1. The summed E-state index contributed by atoms with van der Waals surface area (Å²) in [6.45, 7) is 1.95. The fraction of sp³-hybridized carbons (Fsp3) is 0.407. The molecular formula is C27H26FN5O2. The van der Waals surface area contributed by atoms with E-state index in [-0.39, 0.29) is 29.5 Å². The van der Waals surface area contributed by atoms with Crippen LogP contribution in [0.25, 0.3) is 22.0 Å². The number of nitrogens with one attached hydrogen (secondary N) is 1. The molecule has 35 heavy (non-hydrogen) atoms. The fourth-order valence-corrected chi connectivity index (χ4v) is 5.60. The smallest absolute Gasteiger partial charge is 0.256 e. The number of hydrogen-bond donors (Lipinski definition) is 1. The van der Waals surface area contributed by atoms with Crippen LogP contribution in [0.5, 0.6) is 0 Å². The number of carbonyl (C=O) groups is 2. The predicted octanol–water partition coefficient (Wildman–Crippen LogP) is 3.75.